The van der Waals surface area contributed by atoms with E-state index in [4.69, 9.17) is 9.73 Å². The second-order valence-corrected chi connectivity index (χ2v) is 9.20. The summed E-state index contributed by atoms with van der Waals surface area (Å²) in [6.07, 6.45) is 5.12. The summed E-state index contributed by atoms with van der Waals surface area (Å²) in [5, 5.41) is 7.10. The molecule has 6 nitrogen and oxygen atoms in total. The van der Waals surface area contributed by atoms with Crippen molar-refractivity contribution in [1.82, 2.24) is 20.4 Å². The summed E-state index contributed by atoms with van der Waals surface area (Å²) in [4.78, 5) is 10.2. The number of nitrogens with one attached hydrogen (secondary N) is 2. The van der Waals surface area contributed by atoms with Crippen molar-refractivity contribution in [3.05, 3.63) is 29.8 Å². The molecule has 3 rings (SSSR count). The molecule has 2 unspecified atom stereocenters. The van der Waals surface area contributed by atoms with E-state index in [1.807, 2.05) is 6.07 Å². The lowest BCUT2D eigenvalue weighted by Gasteiger charge is -2.35. The first-order valence-corrected chi connectivity index (χ1v) is 12.3. The van der Waals surface area contributed by atoms with Gasteiger partial charge in [-0.25, -0.2) is 0 Å². The molecule has 2 fully saturated rings. The van der Waals surface area contributed by atoms with Crippen LogP contribution in [0.2, 0.25) is 0 Å². The highest BCUT2D eigenvalue weighted by atomic mass is 127. The second kappa shape index (κ2) is 14.3. The third kappa shape index (κ3) is 7.76. The summed E-state index contributed by atoms with van der Waals surface area (Å²) in [5.74, 6) is 2.58. The maximum absolute atomic E-state index is 5.69. The Morgan fingerprint density at radius 1 is 1.09 bits per heavy atom. The summed E-state index contributed by atoms with van der Waals surface area (Å²) in [6, 6.07) is 9.29. The van der Waals surface area contributed by atoms with Gasteiger partial charge < -0.3 is 20.3 Å². The predicted molar refractivity (Wildman–Crippen MR) is 145 cm³/mol. The Kier molecular flexibility index (Phi) is 12.1. The molecule has 32 heavy (non-hydrogen) atoms. The number of halogens is 1. The molecule has 0 spiro atoms. The van der Waals surface area contributed by atoms with Crippen molar-refractivity contribution in [2.75, 3.05) is 52.9 Å². The van der Waals surface area contributed by atoms with E-state index in [0.717, 1.165) is 44.4 Å². The van der Waals surface area contributed by atoms with Crippen LogP contribution in [0.4, 0.5) is 0 Å². The molecular formula is C25H44IN5O. The number of para-hydroxylation sites is 1. The van der Waals surface area contributed by atoms with Crippen LogP contribution in [0.25, 0.3) is 0 Å². The summed E-state index contributed by atoms with van der Waals surface area (Å²) in [7, 11) is 1.76. The second-order valence-electron chi connectivity index (χ2n) is 9.20. The number of methoxy groups -OCH3 is 1. The Hall–Kier alpha value is -1.06. The lowest BCUT2D eigenvalue weighted by Crippen LogP contribution is -2.46. The summed E-state index contributed by atoms with van der Waals surface area (Å²) < 4.78 is 5.69. The van der Waals surface area contributed by atoms with Crippen molar-refractivity contribution in [2.45, 2.75) is 58.5 Å². The van der Waals surface area contributed by atoms with Crippen LogP contribution in [0.3, 0.4) is 0 Å². The molecule has 1 aromatic rings. The fourth-order valence-electron chi connectivity index (χ4n) is 4.90. The number of likely N-dealkylation sites (tertiary alicyclic amines) is 2. The zero-order chi connectivity index (χ0) is 22.1. The first-order chi connectivity index (χ1) is 15.1. The van der Waals surface area contributed by atoms with E-state index >= 15 is 0 Å². The average molecular weight is 558 g/mol. The quantitative estimate of drug-likeness (QED) is 0.272. The monoisotopic (exact) mass is 557 g/mol. The van der Waals surface area contributed by atoms with Crippen molar-refractivity contribution in [3.63, 3.8) is 0 Å². The number of ether oxygens (including phenoxy) is 1. The molecule has 182 valence electrons. The molecule has 2 aliphatic heterocycles. The SMILES string of the molecule is CCNC(=NCC(c1ccccc1OC)N1CCCC1)NCC1CCCN(C(C)C)C1.I. The van der Waals surface area contributed by atoms with Crippen LogP contribution in [0.5, 0.6) is 5.75 Å². The Morgan fingerprint density at radius 2 is 1.81 bits per heavy atom. The van der Waals surface area contributed by atoms with Gasteiger partial charge in [-0.1, -0.05) is 18.2 Å². The number of guanidine groups is 1. The summed E-state index contributed by atoms with van der Waals surface area (Å²) >= 11 is 0. The molecule has 7 heteroatoms. The van der Waals surface area contributed by atoms with Crippen LogP contribution in [0.15, 0.2) is 29.3 Å². The minimum absolute atomic E-state index is 0. The van der Waals surface area contributed by atoms with E-state index in [-0.39, 0.29) is 30.0 Å². The maximum Gasteiger partial charge on any atom is 0.191 e. The van der Waals surface area contributed by atoms with E-state index in [1.54, 1.807) is 7.11 Å². The average Bonchev–Trinajstić information content (AvgIpc) is 3.32. The van der Waals surface area contributed by atoms with Gasteiger partial charge in [-0.2, -0.15) is 0 Å². The minimum Gasteiger partial charge on any atom is -0.496 e. The Bertz CT molecular complexity index is 693. The predicted octanol–water partition coefficient (Wildman–Crippen LogP) is 4.13. The van der Waals surface area contributed by atoms with E-state index in [2.05, 4.69) is 59.4 Å². The standard InChI is InChI=1S/C25H43N5O.HI/c1-5-26-25(27-17-21-11-10-16-30(19-21)20(2)3)28-18-23(29-14-8-9-15-29)22-12-6-7-13-24(22)31-4;/h6-7,12-13,20-21,23H,5,8-11,14-19H2,1-4H3,(H2,26,27,28);1H. The van der Waals surface area contributed by atoms with Crippen molar-refractivity contribution < 1.29 is 4.74 Å². The highest BCUT2D eigenvalue weighted by Gasteiger charge is 2.26. The lowest BCUT2D eigenvalue weighted by molar-refractivity contribution is 0.141. The number of nitrogens with zero attached hydrogens (tertiary/aromatic N) is 3. The Morgan fingerprint density at radius 3 is 2.50 bits per heavy atom. The molecule has 0 saturated carbocycles. The van der Waals surface area contributed by atoms with Crippen LogP contribution in [0.1, 0.15) is 58.1 Å². The third-order valence-corrected chi connectivity index (χ3v) is 6.68. The van der Waals surface area contributed by atoms with Gasteiger partial charge in [-0.15, -0.1) is 24.0 Å². The highest BCUT2D eigenvalue weighted by molar-refractivity contribution is 14.0. The first-order valence-electron chi connectivity index (χ1n) is 12.3. The molecule has 0 radical (unpaired) electrons. The molecular weight excluding hydrogens is 513 g/mol. The van der Waals surface area contributed by atoms with E-state index < -0.39 is 0 Å². The van der Waals surface area contributed by atoms with Gasteiger partial charge in [0.15, 0.2) is 5.96 Å². The van der Waals surface area contributed by atoms with Crippen molar-refractivity contribution in [3.8, 4) is 5.75 Å². The minimum atomic E-state index is 0. The zero-order valence-corrected chi connectivity index (χ0v) is 22.8. The molecule has 1 aromatic carbocycles. The number of rotatable bonds is 9. The van der Waals surface area contributed by atoms with Crippen LogP contribution < -0.4 is 15.4 Å². The Labute approximate surface area is 212 Å². The molecule has 0 bridgehead atoms. The topological polar surface area (TPSA) is 52.1 Å². The van der Waals surface area contributed by atoms with Crippen molar-refractivity contribution in [2.24, 2.45) is 10.9 Å². The van der Waals surface area contributed by atoms with Crippen molar-refractivity contribution in [1.29, 1.82) is 0 Å². The first kappa shape index (κ1) is 27.2. The smallest absolute Gasteiger partial charge is 0.191 e. The van der Waals surface area contributed by atoms with Crippen LogP contribution in [-0.4, -0.2) is 74.7 Å². The van der Waals surface area contributed by atoms with E-state index in [1.165, 1.54) is 44.3 Å². The van der Waals surface area contributed by atoms with Gasteiger partial charge in [-0.3, -0.25) is 9.89 Å². The zero-order valence-electron chi connectivity index (χ0n) is 20.5. The van der Waals surface area contributed by atoms with Crippen LogP contribution >= 0.6 is 24.0 Å². The Balaban J connectivity index is 0.00000363. The lowest BCUT2D eigenvalue weighted by atomic mass is 9.97. The number of benzene rings is 1. The molecule has 0 aromatic heterocycles. The fraction of sp³-hybridized carbons (Fsp3) is 0.720. The van der Waals surface area contributed by atoms with Gasteiger partial charge in [0.2, 0.25) is 0 Å². The van der Waals surface area contributed by atoms with Gasteiger partial charge >= 0.3 is 0 Å². The summed E-state index contributed by atoms with van der Waals surface area (Å²) in [6.45, 7) is 14.0. The largest absolute Gasteiger partial charge is 0.496 e. The summed E-state index contributed by atoms with van der Waals surface area (Å²) in [5.41, 5.74) is 1.24. The molecule has 2 heterocycles. The molecule has 2 aliphatic rings. The van der Waals surface area contributed by atoms with E-state index in [0.29, 0.717) is 12.0 Å². The maximum atomic E-state index is 5.69. The molecule has 2 atom stereocenters. The van der Waals surface area contributed by atoms with Gasteiger partial charge in [0.05, 0.1) is 19.7 Å². The van der Waals surface area contributed by atoms with Gasteiger partial charge in [0.25, 0.3) is 0 Å². The van der Waals surface area contributed by atoms with Gasteiger partial charge in [-0.05, 0) is 78.1 Å². The van der Waals surface area contributed by atoms with Gasteiger partial charge in [0, 0.05) is 31.2 Å². The number of aliphatic imine (C=N–C) groups is 1. The molecule has 0 aliphatic carbocycles. The normalized spacial score (nSPS) is 21.3. The van der Waals surface area contributed by atoms with E-state index in [9.17, 15) is 0 Å². The number of hydrogen-bond donors (Lipinski definition) is 2. The molecule has 2 N–H and O–H groups in total. The third-order valence-electron chi connectivity index (χ3n) is 6.68. The molecule has 2 saturated heterocycles. The number of hydrogen-bond acceptors (Lipinski definition) is 4. The van der Waals surface area contributed by atoms with Gasteiger partial charge in [0.1, 0.15) is 5.75 Å². The van der Waals surface area contributed by atoms with Crippen molar-refractivity contribution >= 4 is 29.9 Å². The van der Waals surface area contributed by atoms with Crippen LogP contribution in [-0.2, 0) is 0 Å². The molecule has 0 amide bonds. The highest BCUT2D eigenvalue weighted by Crippen LogP contribution is 2.31. The van der Waals surface area contributed by atoms with Crippen LogP contribution in [0, 0.1) is 5.92 Å². The fourth-order valence-corrected chi connectivity index (χ4v) is 4.90. The number of piperidine rings is 1.